The van der Waals surface area contributed by atoms with Gasteiger partial charge in [0, 0.05) is 10.5 Å². The number of benzene rings is 4. The Morgan fingerprint density at radius 3 is 1.10 bits per heavy atom. The molecular weight excluding hydrogens is 392 g/mol. The third kappa shape index (κ3) is 6.60. The standard InChI is InChI=1S/C30H30S/c1-5-13-25(14-6-1)21-23-29(27-17-9-3-10-18-27)31-30(28-19-11-4-12-20-28)24-22-26-15-7-2-8-16-26/h1-20,29-30H,21-24H2. The van der Waals surface area contributed by atoms with Gasteiger partial charge in [0.15, 0.2) is 0 Å². The lowest BCUT2D eigenvalue weighted by atomic mass is 10.0. The van der Waals surface area contributed by atoms with Crippen LogP contribution in [0.15, 0.2) is 121 Å². The third-order valence-electron chi connectivity index (χ3n) is 5.75. The van der Waals surface area contributed by atoms with Crippen molar-refractivity contribution >= 4 is 11.8 Å². The van der Waals surface area contributed by atoms with Crippen molar-refractivity contribution < 1.29 is 0 Å². The first-order chi connectivity index (χ1) is 15.4. The van der Waals surface area contributed by atoms with Gasteiger partial charge in [-0.3, -0.25) is 0 Å². The molecule has 4 aromatic carbocycles. The third-order valence-corrected chi connectivity index (χ3v) is 7.42. The molecule has 0 N–H and O–H groups in total. The fourth-order valence-corrected chi connectivity index (χ4v) is 5.58. The van der Waals surface area contributed by atoms with E-state index in [4.69, 9.17) is 0 Å². The van der Waals surface area contributed by atoms with Crippen molar-refractivity contribution in [2.24, 2.45) is 0 Å². The van der Waals surface area contributed by atoms with Gasteiger partial charge >= 0.3 is 0 Å². The molecule has 0 aliphatic carbocycles. The summed E-state index contributed by atoms with van der Waals surface area (Å²) in [6, 6.07) is 43.9. The molecule has 2 unspecified atom stereocenters. The Kier molecular flexibility index (Phi) is 8.01. The molecule has 156 valence electrons. The van der Waals surface area contributed by atoms with E-state index in [0.29, 0.717) is 10.5 Å². The molecule has 1 heteroatoms. The molecule has 0 spiro atoms. The Labute approximate surface area is 191 Å². The maximum absolute atomic E-state index is 2.29. The Balaban J connectivity index is 1.53. The first-order valence-electron chi connectivity index (χ1n) is 11.2. The fourth-order valence-electron chi connectivity index (χ4n) is 4.05. The van der Waals surface area contributed by atoms with Crippen molar-refractivity contribution in [2.75, 3.05) is 0 Å². The molecule has 0 saturated heterocycles. The summed E-state index contributed by atoms with van der Waals surface area (Å²) in [5.74, 6) is 0. The number of aryl methyl sites for hydroxylation is 2. The normalized spacial score (nSPS) is 12.9. The van der Waals surface area contributed by atoms with Gasteiger partial charge in [-0.25, -0.2) is 0 Å². The molecular formula is C30H30S. The zero-order valence-corrected chi connectivity index (χ0v) is 18.8. The van der Waals surface area contributed by atoms with Crippen LogP contribution >= 0.6 is 11.8 Å². The van der Waals surface area contributed by atoms with Gasteiger partial charge in [0.05, 0.1) is 0 Å². The molecule has 0 aliphatic rings. The number of thioether (sulfide) groups is 1. The maximum Gasteiger partial charge on any atom is 0.0306 e. The SMILES string of the molecule is c1ccc(CCC(SC(CCc2ccccc2)c2ccccc2)c2ccccc2)cc1. The molecule has 0 heterocycles. The highest BCUT2D eigenvalue weighted by atomic mass is 32.2. The van der Waals surface area contributed by atoms with Gasteiger partial charge in [-0.05, 0) is 47.9 Å². The zero-order chi connectivity index (χ0) is 21.1. The largest absolute Gasteiger partial charge is 0.146 e. The second-order valence-electron chi connectivity index (χ2n) is 7.98. The van der Waals surface area contributed by atoms with E-state index in [2.05, 4.69) is 133 Å². The molecule has 0 fully saturated rings. The smallest absolute Gasteiger partial charge is 0.0306 e. The average Bonchev–Trinajstić information content (AvgIpc) is 2.86. The lowest BCUT2D eigenvalue weighted by Gasteiger charge is -2.25. The van der Waals surface area contributed by atoms with Crippen LogP contribution in [0.25, 0.3) is 0 Å². The predicted octanol–water partition coefficient (Wildman–Crippen LogP) is 8.47. The Morgan fingerprint density at radius 1 is 0.419 bits per heavy atom. The minimum atomic E-state index is 0.474. The van der Waals surface area contributed by atoms with E-state index in [0.717, 1.165) is 25.7 Å². The lowest BCUT2D eigenvalue weighted by molar-refractivity contribution is 0.766. The van der Waals surface area contributed by atoms with Gasteiger partial charge < -0.3 is 0 Å². The van der Waals surface area contributed by atoms with E-state index in [1.165, 1.54) is 22.3 Å². The molecule has 0 nitrogen and oxygen atoms in total. The summed E-state index contributed by atoms with van der Waals surface area (Å²) in [7, 11) is 0. The number of hydrogen-bond acceptors (Lipinski definition) is 1. The fraction of sp³-hybridized carbons (Fsp3) is 0.200. The maximum atomic E-state index is 2.29. The van der Waals surface area contributed by atoms with Crippen molar-refractivity contribution in [3.63, 3.8) is 0 Å². The topological polar surface area (TPSA) is 0 Å². The van der Waals surface area contributed by atoms with Gasteiger partial charge in [-0.15, -0.1) is 11.8 Å². The summed E-state index contributed by atoms with van der Waals surface area (Å²) >= 11 is 2.13. The molecule has 0 saturated carbocycles. The predicted molar refractivity (Wildman–Crippen MR) is 135 cm³/mol. The zero-order valence-electron chi connectivity index (χ0n) is 17.9. The molecule has 0 radical (unpaired) electrons. The molecule has 0 bridgehead atoms. The summed E-state index contributed by atoms with van der Waals surface area (Å²) < 4.78 is 0. The Hall–Kier alpha value is -2.77. The van der Waals surface area contributed by atoms with E-state index in [1.54, 1.807) is 0 Å². The van der Waals surface area contributed by atoms with Crippen molar-refractivity contribution in [1.82, 2.24) is 0 Å². The van der Waals surface area contributed by atoms with E-state index < -0.39 is 0 Å². The highest BCUT2D eigenvalue weighted by Gasteiger charge is 2.20. The molecule has 31 heavy (non-hydrogen) atoms. The minimum Gasteiger partial charge on any atom is -0.146 e. The van der Waals surface area contributed by atoms with E-state index in [9.17, 15) is 0 Å². The van der Waals surface area contributed by atoms with Crippen LogP contribution in [-0.2, 0) is 12.8 Å². The van der Waals surface area contributed by atoms with Gasteiger partial charge in [-0.2, -0.15) is 0 Å². The number of rotatable bonds is 10. The highest BCUT2D eigenvalue weighted by Crippen LogP contribution is 2.45. The van der Waals surface area contributed by atoms with Gasteiger partial charge in [0.2, 0.25) is 0 Å². The molecule has 0 aliphatic heterocycles. The van der Waals surface area contributed by atoms with E-state index in [-0.39, 0.29) is 0 Å². The molecule has 0 aromatic heterocycles. The van der Waals surface area contributed by atoms with Crippen LogP contribution in [0.4, 0.5) is 0 Å². The Morgan fingerprint density at radius 2 is 0.742 bits per heavy atom. The molecule has 4 aromatic rings. The van der Waals surface area contributed by atoms with Crippen LogP contribution in [0.3, 0.4) is 0 Å². The first kappa shape index (κ1) is 21.5. The monoisotopic (exact) mass is 422 g/mol. The van der Waals surface area contributed by atoms with Crippen molar-refractivity contribution in [2.45, 2.75) is 36.2 Å². The Bertz CT molecular complexity index is 912. The van der Waals surface area contributed by atoms with Crippen LogP contribution < -0.4 is 0 Å². The summed E-state index contributed by atoms with van der Waals surface area (Å²) in [6.07, 6.45) is 4.50. The van der Waals surface area contributed by atoms with Crippen molar-refractivity contribution in [3.8, 4) is 0 Å². The van der Waals surface area contributed by atoms with E-state index in [1.807, 2.05) is 0 Å². The van der Waals surface area contributed by atoms with Crippen LogP contribution in [0.5, 0.6) is 0 Å². The molecule has 4 rings (SSSR count). The van der Waals surface area contributed by atoms with Gasteiger partial charge in [0.1, 0.15) is 0 Å². The second kappa shape index (κ2) is 11.6. The van der Waals surface area contributed by atoms with Crippen molar-refractivity contribution in [1.29, 1.82) is 0 Å². The summed E-state index contributed by atoms with van der Waals surface area (Å²) in [6.45, 7) is 0. The van der Waals surface area contributed by atoms with Gasteiger partial charge in [0.25, 0.3) is 0 Å². The minimum absolute atomic E-state index is 0.474. The first-order valence-corrected chi connectivity index (χ1v) is 12.2. The summed E-state index contributed by atoms with van der Waals surface area (Å²) in [4.78, 5) is 0. The van der Waals surface area contributed by atoms with Crippen LogP contribution in [0, 0.1) is 0 Å². The van der Waals surface area contributed by atoms with Crippen LogP contribution in [0.1, 0.15) is 45.6 Å². The molecule has 0 amide bonds. The molecule has 2 atom stereocenters. The highest BCUT2D eigenvalue weighted by molar-refractivity contribution is 7.99. The average molecular weight is 423 g/mol. The number of hydrogen-bond donors (Lipinski definition) is 0. The van der Waals surface area contributed by atoms with E-state index >= 15 is 0 Å². The summed E-state index contributed by atoms with van der Waals surface area (Å²) in [5.41, 5.74) is 5.71. The van der Waals surface area contributed by atoms with Crippen LogP contribution in [0.2, 0.25) is 0 Å². The quantitative estimate of drug-likeness (QED) is 0.247. The lowest BCUT2D eigenvalue weighted by Crippen LogP contribution is -2.04. The van der Waals surface area contributed by atoms with Gasteiger partial charge in [-0.1, -0.05) is 121 Å². The van der Waals surface area contributed by atoms with Crippen LogP contribution in [-0.4, -0.2) is 0 Å². The van der Waals surface area contributed by atoms with Crippen molar-refractivity contribution in [3.05, 3.63) is 144 Å². The second-order valence-corrected chi connectivity index (χ2v) is 9.39. The summed E-state index contributed by atoms with van der Waals surface area (Å²) in [5, 5.41) is 0.949.